The van der Waals surface area contributed by atoms with Crippen molar-refractivity contribution in [2.45, 2.75) is 12.6 Å². The first kappa shape index (κ1) is 7.10. The number of pyridine rings is 1. The fourth-order valence-electron chi connectivity index (χ4n) is 1.35. The van der Waals surface area contributed by atoms with E-state index in [1.807, 2.05) is 0 Å². The van der Waals surface area contributed by atoms with E-state index < -0.39 is 0 Å². The second-order valence-corrected chi connectivity index (χ2v) is 3.38. The monoisotopic (exact) mass is 213 g/mol. The standard InChI is InChI=1S/C8H9BrN2/c9-5-7-6-11-4-2-1-3-8(11)10-7/h1-4,7H,5-6H2/p+1/t7-/m1/s1. The number of hydrogen-bond acceptors (Lipinski definition) is 1. The first-order valence-electron chi connectivity index (χ1n) is 3.71. The highest BCUT2D eigenvalue weighted by atomic mass is 79.9. The van der Waals surface area contributed by atoms with Crippen molar-refractivity contribution in [1.29, 1.82) is 0 Å². The van der Waals surface area contributed by atoms with Crippen LogP contribution in [0.5, 0.6) is 0 Å². The van der Waals surface area contributed by atoms with Crippen molar-refractivity contribution in [3.8, 4) is 0 Å². The lowest BCUT2D eigenvalue weighted by atomic mass is 10.4. The van der Waals surface area contributed by atoms with E-state index in [4.69, 9.17) is 0 Å². The maximum atomic E-state index is 3.46. The smallest absolute Gasteiger partial charge is 0.267 e. The van der Waals surface area contributed by atoms with Gasteiger partial charge in [-0.15, -0.1) is 0 Å². The molecule has 1 N–H and O–H groups in total. The van der Waals surface area contributed by atoms with Gasteiger partial charge in [-0.3, -0.25) is 5.32 Å². The van der Waals surface area contributed by atoms with Crippen LogP contribution in [0.25, 0.3) is 0 Å². The summed E-state index contributed by atoms with van der Waals surface area (Å²) in [5.41, 5.74) is 0. The lowest BCUT2D eigenvalue weighted by molar-refractivity contribution is -0.673. The number of fused-ring (bicyclic) bond motifs is 1. The minimum atomic E-state index is 0.553. The molecule has 0 spiro atoms. The molecule has 2 rings (SSSR count). The highest BCUT2D eigenvalue weighted by Gasteiger charge is 2.25. The van der Waals surface area contributed by atoms with E-state index in [2.05, 4.69) is 50.2 Å². The first-order chi connectivity index (χ1) is 5.40. The third kappa shape index (κ3) is 1.25. The van der Waals surface area contributed by atoms with E-state index in [1.165, 1.54) is 5.82 Å². The Balaban J connectivity index is 2.27. The number of alkyl halides is 1. The number of hydrogen-bond donors (Lipinski definition) is 1. The van der Waals surface area contributed by atoms with Crippen molar-refractivity contribution in [1.82, 2.24) is 0 Å². The van der Waals surface area contributed by atoms with Gasteiger partial charge in [-0.2, -0.15) is 0 Å². The normalized spacial score (nSPS) is 21.0. The van der Waals surface area contributed by atoms with E-state index in [0.717, 1.165) is 11.9 Å². The quantitative estimate of drug-likeness (QED) is 0.548. The number of aromatic nitrogens is 1. The largest absolute Gasteiger partial charge is 0.274 e. The molecule has 0 aliphatic carbocycles. The van der Waals surface area contributed by atoms with Crippen molar-refractivity contribution in [2.24, 2.45) is 0 Å². The molecule has 0 saturated heterocycles. The molecule has 58 valence electrons. The first-order valence-corrected chi connectivity index (χ1v) is 4.83. The summed E-state index contributed by atoms with van der Waals surface area (Å²) in [6.07, 6.45) is 2.10. The molecule has 0 aromatic carbocycles. The summed E-state index contributed by atoms with van der Waals surface area (Å²) >= 11 is 3.46. The summed E-state index contributed by atoms with van der Waals surface area (Å²) in [4.78, 5) is 0. The average Bonchev–Trinajstić information content (AvgIpc) is 2.46. The molecular formula is C8H10BrN2+. The Bertz CT molecular complexity index is 237. The van der Waals surface area contributed by atoms with Crippen LogP contribution in [0, 0.1) is 0 Å². The topological polar surface area (TPSA) is 15.9 Å². The van der Waals surface area contributed by atoms with Crippen molar-refractivity contribution < 1.29 is 4.57 Å². The van der Waals surface area contributed by atoms with E-state index in [0.29, 0.717) is 6.04 Å². The predicted molar refractivity (Wildman–Crippen MR) is 47.8 cm³/mol. The van der Waals surface area contributed by atoms with Gasteiger partial charge >= 0.3 is 0 Å². The van der Waals surface area contributed by atoms with E-state index in [-0.39, 0.29) is 0 Å². The van der Waals surface area contributed by atoms with Gasteiger partial charge in [0.1, 0.15) is 12.6 Å². The Morgan fingerprint density at radius 1 is 1.64 bits per heavy atom. The summed E-state index contributed by atoms with van der Waals surface area (Å²) in [5.74, 6) is 1.22. The molecule has 3 heteroatoms. The number of rotatable bonds is 1. The molecule has 0 radical (unpaired) electrons. The van der Waals surface area contributed by atoms with E-state index in [1.54, 1.807) is 0 Å². The lowest BCUT2D eigenvalue weighted by Gasteiger charge is -1.94. The van der Waals surface area contributed by atoms with Crippen molar-refractivity contribution in [3.63, 3.8) is 0 Å². The number of anilines is 1. The van der Waals surface area contributed by atoms with E-state index >= 15 is 0 Å². The Labute approximate surface area is 74.4 Å². The molecule has 0 unspecified atom stereocenters. The summed E-state index contributed by atoms with van der Waals surface area (Å²) in [7, 11) is 0. The minimum Gasteiger partial charge on any atom is -0.267 e. The fraction of sp³-hybridized carbons (Fsp3) is 0.375. The minimum absolute atomic E-state index is 0.553. The summed E-state index contributed by atoms with van der Waals surface area (Å²) in [5, 5.41) is 4.41. The zero-order chi connectivity index (χ0) is 7.68. The van der Waals surface area contributed by atoms with Crippen LogP contribution < -0.4 is 9.88 Å². The number of halogens is 1. The molecule has 0 saturated carbocycles. The van der Waals surface area contributed by atoms with Gasteiger partial charge in [0.2, 0.25) is 0 Å². The lowest BCUT2D eigenvalue weighted by Crippen LogP contribution is -2.32. The molecule has 0 fully saturated rings. The molecule has 0 amide bonds. The average molecular weight is 214 g/mol. The molecule has 11 heavy (non-hydrogen) atoms. The Hall–Kier alpha value is -0.570. The van der Waals surface area contributed by atoms with E-state index in [9.17, 15) is 0 Å². The summed E-state index contributed by atoms with van der Waals surface area (Å²) in [6.45, 7) is 1.07. The second kappa shape index (κ2) is 2.81. The van der Waals surface area contributed by atoms with Crippen molar-refractivity contribution >= 4 is 21.7 Å². The summed E-state index contributed by atoms with van der Waals surface area (Å²) in [6, 6.07) is 6.76. The molecule has 0 bridgehead atoms. The zero-order valence-corrected chi connectivity index (χ0v) is 7.71. The molecule has 1 aromatic rings. The van der Waals surface area contributed by atoms with Crippen molar-refractivity contribution in [2.75, 3.05) is 10.6 Å². The molecule has 1 aromatic heterocycles. The van der Waals surface area contributed by atoms with Gasteiger partial charge in [0.15, 0.2) is 0 Å². The molecule has 1 atom stereocenters. The molecule has 1 aliphatic heterocycles. The van der Waals surface area contributed by atoms with Crippen LogP contribution >= 0.6 is 15.9 Å². The maximum Gasteiger partial charge on any atom is 0.274 e. The van der Waals surface area contributed by atoms with Crippen molar-refractivity contribution in [3.05, 3.63) is 24.4 Å². The van der Waals surface area contributed by atoms with Crippen LogP contribution in [0.1, 0.15) is 0 Å². The highest BCUT2D eigenvalue weighted by molar-refractivity contribution is 9.09. The van der Waals surface area contributed by atoms with Crippen LogP contribution in [0.15, 0.2) is 24.4 Å². The number of nitrogens with zero attached hydrogens (tertiary/aromatic N) is 1. The molecular weight excluding hydrogens is 204 g/mol. The molecule has 2 heterocycles. The van der Waals surface area contributed by atoms with Gasteiger partial charge in [0, 0.05) is 11.4 Å². The molecule has 2 nitrogen and oxygen atoms in total. The van der Waals surface area contributed by atoms with Gasteiger partial charge in [0.25, 0.3) is 5.82 Å². The SMILES string of the molecule is BrC[C@@H]1C[n+]2ccccc2N1. The molecule has 1 aliphatic rings. The van der Waals surface area contributed by atoms with Gasteiger partial charge in [-0.1, -0.05) is 22.0 Å². The van der Waals surface area contributed by atoms with Crippen LogP contribution in [-0.4, -0.2) is 11.4 Å². The third-order valence-electron chi connectivity index (χ3n) is 1.90. The maximum absolute atomic E-state index is 3.46. The highest BCUT2D eigenvalue weighted by Crippen LogP contribution is 2.10. The Kier molecular flexibility index (Phi) is 1.82. The van der Waals surface area contributed by atoms with Gasteiger partial charge in [-0.25, -0.2) is 4.57 Å². The third-order valence-corrected chi connectivity index (χ3v) is 2.68. The van der Waals surface area contributed by atoms with Crippen LogP contribution in [0.2, 0.25) is 0 Å². The second-order valence-electron chi connectivity index (χ2n) is 2.73. The Morgan fingerprint density at radius 3 is 3.27 bits per heavy atom. The Morgan fingerprint density at radius 2 is 2.55 bits per heavy atom. The van der Waals surface area contributed by atoms with Gasteiger partial charge in [-0.05, 0) is 6.07 Å². The van der Waals surface area contributed by atoms with Gasteiger partial charge < -0.3 is 0 Å². The summed E-state index contributed by atoms with van der Waals surface area (Å²) < 4.78 is 2.23. The van der Waals surface area contributed by atoms with Gasteiger partial charge in [0.05, 0.1) is 6.20 Å². The van der Waals surface area contributed by atoms with Crippen LogP contribution in [0.3, 0.4) is 0 Å². The zero-order valence-electron chi connectivity index (χ0n) is 6.13. The predicted octanol–water partition coefficient (Wildman–Crippen LogP) is 1.16. The fourth-order valence-corrected chi connectivity index (χ4v) is 1.71. The van der Waals surface area contributed by atoms with Crippen LogP contribution in [-0.2, 0) is 6.54 Å². The van der Waals surface area contributed by atoms with Crippen LogP contribution in [0.4, 0.5) is 5.82 Å². The number of nitrogens with one attached hydrogen (secondary N) is 1.